The average molecular weight is 303 g/mol. The lowest BCUT2D eigenvalue weighted by atomic mass is 9.96. The Morgan fingerprint density at radius 2 is 2.10 bits per heavy atom. The van der Waals surface area contributed by atoms with E-state index in [4.69, 9.17) is 0 Å². The number of carbonyl (C=O) groups excluding carboxylic acids is 1. The van der Waals surface area contributed by atoms with E-state index in [1.54, 1.807) is 17.5 Å². The van der Waals surface area contributed by atoms with Crippen LogP contribution in [0.3, 0.4) is 0 Å². The number of aromatic nitrogens is 2. The van der Waals surface area contributed by atoms with Gasteiger partial charge in [0.15, 0.2) is 0 Å². The summed E-state index contributed by atoms with van der Waals surface area (Å²) in [6.07, 6.45) is 2.58. The van der Waals surface area contributed by atoms with E-state index in [2.05, 4.69) is 15.3 Å². The van der Waals surface area contributed by atoms with Crippen LogP contribution in [0.1, 0.15) is 31.3 Å². The Labute approximate surface area is 129 Å². The van der Waals surface area contributed by atoms with E-state index in [1.165, 1.54) is 4.88 Å². The molecule has 0 radical (unpaired) electrons. The zero-order valence-electron chi connectivity index (χ0n) is 12.9. The van der Waals surface area contributed by atoms with E-state index in [1.807, 2.05) is 45.9 Å². The summed E-state index contributed by atoms with van der Waals surface area (Å²) in [7, 11) is 0. The SMILES string of the molecule is Cc1nc(-c2ccccn2)sc1CCNC(=O)C(C)(C)C. The lowest BCUT2D eigenvalue weighted by Crippen LogP contribution is -2.35. The molecule has 0 fully saturated rings. The number of aryl methyl sites for hydroxylation is 1. The second kappa shape index (κ2) is 6.35. The quantitative estimate of drug-likeness (QED) is 0.943. The van der Waals surface area contributed by atoms with Crippen LogP contribution in [0.4, 0.5) is 0 Å². The van der Waals surface area contributed by atoms with Gasteiger partial charge in [0.1, 0.15) is 5.01 Å². The molecule has 0 saturated heterocycles. The lowest BCUT2D eigenvalue weighted by molar-refractivity contribution is -0.128. The monoisotopic (exact) mass is 303 g/mol. The number of carbonyl (C=O) groups is 1. The van der Waals surface area contributed by atoms with Gasteiger partial charge in [0.05, 0.1) is 11.4 Å². The normalized spacial score (nSPS) is 11.4. The minimum Gasteiger partial charge on any atom is -0.355 e. The van der Waals surface area contributed by atoms with Crippen LogP contribution in [0.2, 0.25) is 0 Å². The first-order valence-corrected chi connectivity index (χ1v) is 7.85. The predicted molar refractivity (Wildman–Crippen MR) is 86.3 cm³/mol. The molecule has 1 amide bonds. The molecular weight excluding hydrogens is 282 g/mol. The van der Waals surface area contributed by atoms with E-state index in [-0.39, 0.29) is 11.3 Å². The Morgan fingerprint density at radius 3 is 2.71 bits per heavy atom. The van der Waals surface area contributed by atoms with E-state index in [0.717, 1.165) is 22.8 Å². The third-order valence-electron chi connectivity index (χ3n) is 3.10. The molecule has 2 rings (SSSR count). The van der Waals surface area contributed by atoms with Crippen molar-refractivity contribution in [1.29, 1.82) is 0 Å². The zero-order chi connectivity index (χ0) is 15.5. The van der Waals surface area contributed by atoms with Crippen LogP contribution < -0.4 is 5.32 Å². The van der Waals surface area contributed by atoms with Crippen molar-refractivity contribution < 1.29 is 4.79 Å². The van der Waals surface area contributed by atoms with Crippen LogP contribution in [0.15, 0.2) is 24.4 Å². The minimum atomic E-state index is -0.345. The third kappa shape index (κ3) is 4.11. The molecule has 2 aromatic rings. The van der Waals surface area contributed by atoms with Crippen LogP contribution in [0.25, 0.3) is 10.7 Å². The highest BCUT2D eigenvalue weighted by Crippen LogP contribution is 2.26. The Balaban J connectivity index is 1.99. The maximum Gasteiger partial charge on any atom is 0.225 e. The third-order valence-corrected chi connectivity index (χ3v) is 4.34. The molecule has 0 aliphatic carbocycles. The highest BCUT2D eigenvalue weighted by molar-refractivity contribution is 7.15. The minimum absolute atomic E-state index is 0.0783. The molecule has 1 N–H and O–H groups in total. The number of pyridine rings is 1. The molecule has 0 bridgehead atoms. The second-order valence-electron chi connectivity index (χ2n) is 6.00. The van der Waals surface area contributed by atoms with Crippen molar-refractivity contribution in [3.05, 3.63) is 35.0 Å². The standard InChI is InChI=1S/C16H21N3OS/c1-11-13(8-10-18-15(20)16(2,3)4)21-14(19-11)12-7-5-6-9-17-12/h5-7,9H,8,10H2,1-4H3,(H,18,20). The molecule has 0 aliphatic rings. The van der Waals surface area contributed by atoms with E-state index in [9.17, 15) is 4.79 Å². The predicted octanol–water partition coefficient (Wildman–Crippen LogP) is 3.22. The molecule has 0 spiro atoms. The molecule has 5 heteroatoms. The van der Waals surface area contributed by atoms with Crippen LogP contribution in [-0.2, 0) is 11.2 Å². The van der Waals surface area contributed by atoms with Gasteiger partial charge in [-0.25, -0.2) is 4.98 Å². The van der Waals surface area contributed by atoms with Gasteiger partial charge in [-0.05, 0) is 19.1 Å². The summed E-state index contributed by atoms with van der Waals surface area (Å²) < 4.78 is 0. The van der Waals surface area contributed by atoms with Crippen molar-refractivity contribution in [1.82, 2.24) is 15.3 Å². The molecule has 0 aliphatic heterocycles. The van der Waals surface area contributed by atoms with Crippen molar-refractivity contribution in [2.75, 3.05) is 6.54 Å². The fourth-order valence-corrected chi connectivity index (χ4v) is 2.85. The Kier molecular flexibility index (Phi) is 4.73. The number of amides is 1. The van der Waals surface area contributed by atoms with Crippen molar-refractivity contribution in [2.24, 2.45) is 5.41 Å². The Hall–Kier alpha value is -1.75. The van der Waals surface area contributed by atoms with Gasteiger partial charge < -0.3 is 5.32 Å². The number of hydrogen-bond donors (Lipinski definition) is 1. The number of hydrogen-bond acceptors (Lipinski definition) is 4. The van der Waals surface area contributed by atoms with Gasteiger partial charge in [0.25, 0.3) is 0 Å². The van der Waals surface area contributed by atoms with Gasteiger partial charge in [-0.1, -0.05) is 26.8 Å². The molecule has 0 aromatic carbocycles. The van der Waals surface area contributed by atoms with E-state index >= 15 is 0 Å². The average Bonchev–Trinajstić information content (AvgIpc) is 2.80. The molecule has 0 saturated carbocycles. The Bertz CT molecular complexity index is 614. The second-order valence-corrected chi connectivity index (χ2v) is 7.08. The van der Waals surface area contributed by atoms with Crippen molar-refractivity contribution in [3.63, 3.8) is 0 Å². The summed E-state index contributed by atoms with van der Waals surface area (Å²) in [5, 5.41) is 3.91. The van der Waals surface area contributed by atoms with Crippen molar-refractivity contribution in [3.8, 4) is 10.7 Å². The summed E-state index contributed by atoms with van der Waals surface area (Å²) in [5.74, 6) is 0.0783. The van der Waals surface area contributed by atoms with Gasteiger partial charge >= 0.3 is 0 Å². The van der Waals surface area contributed by atoms with Gasteiger partial charge in [0, 0.05) is 29.5 Å². The summed E-state index contributed by atoms with van der Waals surface area (Å²) in [5.41, 5.74) is 1.57. The molecule has 2 heterocycles. The van der Waals surface area contributed by atoms with Crippen molar-refractivity contribution >= 4 is 17.2 Å². The number of nitrogens with one attached hydrogen (secondary N) is 1. The van der Waals surface area contributed by atoms with Crippen LogP contribution in [-0.4, -0.2) is 22.4 Å². The molecule has 21 heavy (non-hydrogen) atoms. The lowest BCUT2D eigenvalue weighted by Gasteiger charge is -2.17. The molecule has 0 unspecified atom stereocenters. The van der Waals surface area contributed by atoms with Crippen molar-refractivity contribution in [2.45, 2.75) is 34.1 Å². The van der Waals surface area contributed by atoms with Gasteiger partial charge in [-0.15, -0.1) is 11.3 Å². The largest absolute Gasteiger partial charge is 0.355 e. The first kappa shape index (κ1) is 15.6. The Morgan fingerprint density at radius 1 is 1.33 bits per heavy atom. The van der Waals surface area contributed by atoms with Crippen LogP contribution >= 0.6 is 11.3 Å². The van der Waals surface area contributed by atoms with E-state index < -0.39 is 0 Å². The van der Waals surface area contributed by atoms with Crippen LogP contribution in [0, 0.1) is 12.3 Å². The highest BCUT2D eigenvalue weighted by Gasteiger charge is 2.20. The highest BCUT2D eigenvalue weighted by atomic mass is 32.1. The zero-order valence-corrected chi connectivity index (χ0v) is 13.8. The molecule has 2 aromatic heterocycles. The van der Waals surface area contributed by atoms with Gasteiger partial charge in [0.2, 0.25) is 5.91 Å². The van der Waals surface area contributed by atoms with Gasteiger partial charge in [-0.2, -0.15) is 0 Å². The maximum absolute atomic E-state index is 11.8. The molecule has 0 atom stereocenters. The topological polar surface area (TPSA) is 54.9 Å². The summed E-state index contributed by atoms with van der Waals surface area (Å²) >= 11 is 1.65. The van der Waals surface area contributed by atoms with E-state index in [0.29, 0.717) is 6.54 Å². The molecule has 112 valence electrons. The first-order chi connectivity index (χ1) is 9.88. The summed E-state index contributed by atoms with van der Waals surface area (Å²) in [6, 6.07) is 5.82. The smallest absolute Gasteiger partial charge is 0.225 e. The first-order valence-electron chi connectivity index (χ1n) is 7.04. The maximum atomic E-state index is 11.8. The van der Waals surface area contributed by atoms with Gasteiger partial charge in [-0.3, -0.25) is 9.78 Å². The molecular formula is C16H21N3OS. The number of nitrogens with zero attached hydrogens (tertiary/aromatic N) is 2. The number of thiazole rings is 1. The molecule has 4 nitrogen and oxygen atoms in total. The fourth-order valence-electron chi connectivity index (χ4n) is 1.81. The summed E-state index contributed by atoms with van der Waals surface area (Å²) in [4.78, 5) is 21.9. The number of rotatable bonds is 4. The fraction of sp³-hybridized carbons (Fsp3) is 0.438. The summed E-state index contributed by atoms with van der Waals surface area (Å²) in [6.45, 7) is 8.39. The van der Waals surface area contributed by atoms with Crippen LogP contribution in [0.5, 0.6) is 0 Å².